The van der Waals surface area contributed by atoms with Crippen LogP contribution < -0.4 is 4.74 Å². The van der Waals surface area contributed by atoms with Crippen molar-refractivity contribution in [1.29, 1.82) is 5.26 Å². The highest BCUT2D eigenvalue weighted by Gasteiger charge is 2.18. The summed E-state index contributed by atoms with van der Waals surface area (Å²) in [4.78, 5) is 11.4. The number of nitriles is 1. The van der Waals surface area contributed by atoms with Gasteiger partial charge in [-0.1, -0.05) is 24.3 Å². The zero-order chi connectivity index (χ0) is 13.8. The maximum Gasteiger partial charge on any atom is 0.230 e. The predicted octanol–water partition coefficient (Wildman–Crippen LogP) is 3.61. The van der Waals surface area contributed by atoms with Crippen molar-refractivity contribution in [2.24, 2.45) is 0 Å². The van der Waals surface area contributed by atoms with Crippen LogP contribution >= 0.6 is 11.6 Å². The number of rotatable bonds is 4. The van der Waals surface area contributed by atoms with Crippen molar-refractivity contribution in [1.82, 2.24) is 0 Å². The van der Waals surface area contributed by atoms with E-state index in [2.05, 4.69) is 0 Å². The van der Waals surface area contributed by atoms with Crippen LogP contribution in [-0.4, -0.2) is 12.4 Å². The van der Waals surface area contributed by atoms with Crippen LogP contribution in [-0.2, 0) is 4.79 Å². The molecule has 0 N–H and O–H groups in total. The number of hydrogen-bond acceptors (Lipinski definition) is 3. The van der Waals surface area contributed by atoms with Gasteiger partial charge in [0.2, 0.25) is 5.24 Å². The summed E-state index contributed by atoms with van der Waals surface area (Å²) in [5.41, 5.74) is 0.763. The molecule has 3 nitrogen and oxygen atoms in total. The van der Waals surface area contributed by atoms with Crippen LogP contribution in [0.4, 0.5) is 0 Å². The average Bonchev–Trinajstić information content (AvgIpc) is 2.43. The van der Waals surface area contributed by atoms with Gasteiger partial charge in [-0.05, 0) is 40.1 Å². The lowest BCUT2D eigenvalue weighted by molar-refractivity contribution is -0.112. The van der Waals surface area contributed by atoms with Gasteiger partial charge in [0, 0.05) is 0 Å². The van der Waals surface area contributed by atoms with Crippen LogP contribution in [0.5, 0.6) is 5.75 Å². The van der Waals surface area contributed by atoms with Crippen LogP contribution in [0.15, 0.2) is 36.4 Å². The molecule has 0 aliphatic carbocycles. The summed E-state index contributed by atoms with van der Waals surface area (Å²) in [5, 5.41) is 10.2. The molecule has 1 atom stereocenters. The molecule has 96 valence electrons. The fourth-order valence-electron chi connectivity index (χ4n) is 2.01. The van der Waals surface area contributed by atoms with E-state index < -0.39 is 11.2 Å². The van der Waals surface area contributed by atoms with E-state index in [4.69, 9.17) is 21.6 Å². The van der Waals surface area contributed by atoms with Gasteiger partial charge in [-0.15, -0.1) is 0 Å². The number of benzene rings is 2. The lowest BCUT2D eigenvalue weighted by Crippen LogP contribution is -2.05. The van der Waals surface area contributed by atoms with E-state index in [-0.39, 0.29) is 6.42 Å². The highest BCUT2D eigenvalue weighted by molar-refractivity contribution is 6.64. The number of nitrogens with zero attached hydrogens (tertiary/aromatic N) is 1. The zero-order valence-corrected chi connectivity index (χ0v) is 11.1. The molecule has 0 saturated carbocycles. The molecule has 0 heterocycles. The van der Waals surface area contributed by atoms with Gasteiger partial charge in [-0.25, -0.2) is 0 Å². The fraction of sp³-hybridized carbons (Fsp3) is 0.200. The Hall–Kier alpha value is -2.05. The standard InChI is InChI=1S/C15H12ClNO2/c1-19-13-5-4-10-8-12(3-2-11(10)9-13)14(6-7-17)15(16)18/h2-5,8-9,14H,6H2,1H3/t14-/m1/s1. The highest BCUT2D eigenvalue weighted by Crippen LogP contribution is 2.27. The smallest absolute Gasteiger partial charge is 0.230 e. The van der Waals surface area contributed by atoms with Crippen molar-refractivity contribution >= 4 is 27.6 Å². The summed E-state index contributed by atoms with van der Waals surface area (Å²) >= 11 is 5.55. The third kappa shape index (κ3) is 2.86. The van der Waals surface area contributed by atoms with E-state index in [9.17, 15) is 4.79 Å². The second kappa shape index (κ2) is 5.73. The van der Waals surface area contributed by atoms with Crippen LogP contribution in [0.2, 0.25) is 0 Å². The molecular weight excluding hydrogens is 262 g/mol. The van der Waals surface area contributed by atoms with Crippen molar-refractivity contribution in [2.75, 3.05) is 7.11 Å². The van der Waals surface area contributed by atoms with Gasteiger partial charge in [-0.3, -0.25) is 4.79 Å². The zero-order valence-electron chi connectivity index (χ0n) is 10.4. The fourth-order valence-corrected chi connectivity index (χ4v) is 2.21. The molecule has 2 aromatic rings. The lowest BCUT2D eigenvalue weighted by atomic mass is 9.95. The van der Waals surface area contributed by atoms with Gasteiger partial charge in [0.1, 0.15) is 5.75 Å². The Morgan fingerprint density at radius 1 is 1.32 bits per heavy atom. The van der Waals surface area contributed by atoms with Crippen LogP contribution in [0.3, 0.4) is 0 Å². The van der Waals surface area contributed by atoms with Gasteiger partial charge in [0.25, 0.3) is 0 Å². The molecule has 0 amide bonds. The molecule has 4 heteroatoms. The summed E-state index contributed by atoms with van der Waals surface area (Å²) in [6, 6.07) is 13.3. The minimum atomic E-state index is -0.571. The Labute approximate surface area is 116 Å². The van der Waals surface area contributed by atoms with Gasteiger partial charge < -0.3 is 4.74 Å². The Morgan fingerprint density at radius 3 is 2.63 bits per heavy atom. The molecule has 2 aromatic carbocycles. The number of carbonyl (C=O) groups excluding carboxylic acids is 1. The maximum absolute atomic E-state index is 11.4. The van der Waals surface area contributed by atoms with Crippen molar-refractivity contribution in [2.45, 2.75) is 12.3 Å². The number of fused-ring (bicyclic) bond motifs is 1. The van der Waals surface area contributed by atoms with E-state index in [1.807, 2.05) is 42.5 Å². The van der Waals surface area contributed by atoms with E-state index in [1.165, 1.54) is 0 Å². The van der Waals surface area contributed by atoms with Gasteiger partial charge in [0.05, 0.1) is 25.5 Å². The van der Waals surface area contributed by atoms with E-state index in [0.717, 1.165) is 22.1 Å². The van der Waals surface area contributed by atoms with Crippen molar-refractivity contribution in [3.8, 4) is 11.8 Å². The first kappa shape index (κ1) is 13.4. The molecule has 0 bridgehead atoms. The Morgan fingerprint density at radius 2 is 2.00 bits per heavy atom. The van der Waals surface area contributed by atoms with Crippen molar-refractivity contribution < 1.29 is 9.53 Å². The molecule has 0 radical (unpaired) electrons. The highest BCUT2D eigenvalue weighted by atomic mass is 35.5. The SMILES string of the molecule is COc1ccc2cc([C@@H](CC#N)C(=O)Cl)ccc2c1. The molecular formula is C15H12ClNO2. The number of hydrogen-bond donors (Lipinski definition) is 0. The second-order valence-electron chi connectivity index (χ2n) is 4.19. The largest absolute Gasteiger partial charge is 0.497 e. The molecule has 0 aromatic heterocycles. The van der Waals surface area contributed by atoms with Gasteiger partial charge in [-0.2, -0.15) is 5.26 Å². The third-order valence-corrected chi connectivity index (χ3v) is 3.31. The normalized spacial score (nSPS) is 11.8. The summed E-state index contributed by atoms with van der Waals surface area (Å²) in [7, 11) is 1.62. The molecule has 0 aliphatic heterocycles. The first-order chi connectivity index (χ1) is 9.15. The topological polar surface area (TPSA) is 50.1 Å². The Kier molecular flexibility index (Phi) is 4.03. The van der Waals surface area contributed by atoms with Crippen LogP contribution in [0.25, 0.3) is 10.8 Å². The Bertz CT molecular complexity index is 661. The van der Waals surface area contributed by atoms with Crippen molar-refractivity contribution in [3.05, 3.63) is 42.0 Å². The molecule has 0 fully saturated rings. The van der Waals surface area contributed by atoms with Gasteiger partial charge in [0.15, 0.2) is 0 Å². The molecule has 19 heavy (non-hydrogen) atoms. The van der Waals surface area contributed by atoms with E-state index in [1.54, 1.807) is 7.11 Å². The maximum atomic E-state index is 11.4. The first-order valence-corrected chi connectivity index (χ1v) is 6.17. The average molecular weight is 274 g/mol. The summed E-state index contributed by atoms with van der Waals surface area (Å²) in [6.45, 7) is 0. The van der Waals surface area contributed by atoms with Gasteiger partial charge >= 0.3 is 0 Å². The van der Waals surface area contributed by atoms with E-state index >= 15 is 0 Å². The molecule has 2 rings (SSSR count). The quantitative estimate of drug-likeness (QED) is 0.800. The van der Waals surface area contributed by atoms with Crippen LogP contribution in [0.1, 0.15) is 17.9 Å². The number of carbonyl (C=O) groups is 1. The number of methoxy groups -OCH3 is 1. The Balaban J connectivity index is 2.46. The summed E-state index contributed by atoms with van der Waals surface area (Å²) < 4.78 is 5.16. The molecule has 0 saturated heterocycles. The molecule has 0 aliphatic rings. The monoisotopic (exact) mass is 273 g/mol. The predicted molar refractivity (Wildman–Crippen MR) is 74.3 cm³/mol. The van der Waals surface area contributed by atoms with E-state index in [0.29, 0.717) is 0 Å². The number of halogens is 1. The second-order valence-corrected chi connectivity index (χ2v) is 4.56. The summed E-state index contributed by atoms with van der Waals surface area (Å²) in [5.74, 6) is 0.209. The van der Waals surface area contributed by atoms with Crippen molar-refractivity contribution in [3.63, 3.8) is 0 Å². The van der Waals surface area contributed by atoms with Crippen LogP contribution in [0, 0.1) is 11.3 Å². The summed E-state index contributed by atoms with van der Waals surface area (Å²) in [6.07, 6.45) is 0.0873. The minimum absolute atomic E-state index is 0.0873. The first-order valence-electron chi connectivity index (χ1n) is 5.79. The lowest BCUT2D eigenvalue weighted by Gasteiger charge is -2.10. The molecule has 0 spiro atoms. The number of ether oxygens (including phenoxy) is 1. The third-order valence-electron chi connectivity index (χ3n) is 3.04. The minimum Gasteiger partial charge on any atom is -0.497 e. The molecule has 0 unspecified atom stereocenters.